The summed E-state index contributed by atoms with van der Waals surface area (Å²) in [5, 5.41) is 6.81. The Morgan fingerprint density at radius 3 is 2.42 bits per heavy atom. The molecule has 0 aliphatic heterocycles. The van der Waals surface area contributed by atoms with E-state index < -0.39 is 0 Å². The minimum absolute atomic E-state index is 0.0181. The molecule has 0 saturated carbocycles. The van der Waals surface area contributed by atoms with Crippen molar-refractivity contribution >= 4 is 11.6 Å². The van der Waals surface area contributed by atoms with Crippen molar-refractivity contribution in [3.8, 4) is 11.1 Å². The first-order valence-corrected chi connectivity index (χ1v) is 8.38. The van der Waals surface area contributed by atoms with Crippen LogP contribution in [0.15, 0.2) is 53.7 Å². The van der Waals surface area contributed by atoms with Gasteiger partial charge >= 0.3 is 0 Å². The summed E-state index contributed by atoms with van der Waals surface area (Å²) in [6.45, 7) is 6.35. The first kappa shape index (κ1) is 17.7. The van der Waals surface area contributed by atoms with Gasteiger partial charge in [0.15, 0.2) is 0 Å². The van der Waals surface area contributed by atoms with Gasteiger partial charge in [-0.1, -0.05) is 32.9 Å². The van der Waals surface area contributed by atoms with Crippen LogP contribution in [0.3, 0.4) is 0 Å². The van der Waals surface area contributed by atoms with E-state index in [1.54, 1.807) is 35.3 Å². The molecule has 0 aliphatic carbocycles. The highest BCUT2D eigenvalue weighted by Crippen LogP contribution is 2.23. The number of hydrogen-bond donors (Lipinski definition) is 2. The van der Waals surface area contributed by atoms with Crippen LogP contribution in [0.25, 0.3) is 11.1 Å². The average Bonchev–Trinajstić information content (AvgIpc) is 3.02. The molecular weight excluding hydrogens is 328 g/mol. The largest absolute Gasteiger partial charge is 0.327 e. The molecule has 2 N–H and O–H groups in total. The van der Waals surface area contributed by atoms with Crippen molar-refractivity contribution in [2.24, 2.45) is 7.05 Å². The second-order valence-corrected chi connectivity index (χ2v) is 7.32. The number of nitrogens with zero attached hydrogens (tertiary/aromatic N) is 2. The summed E-state index contributed by atoms with van der Waals surface area (Å²) in [5.74, 6) is -0.320. The normalized spacial score (nSPS) is 11.4. The summed E-state index contributed by atoms with van der Waals surface area (Å²) in [6, 6.07) is 9.07. The lowest BCUT2D eigenvalue weighted by Gasteiger charge is -2.19. The fourth-order valence-corrected chi connectivity index (χ4v) is 2.63. The topological polar surface area (TPSA) is 79.8 Å². The van der Waals surface area contributed by atoms with Crippen molar-refractivity contribution in [2.45, 2.75) is 26.2 Å². The van der Waals surface area contributed by atoms with Gasteiger partial charge < -0.3 is 10.3 Å². The standard InChI is InChI=1S/C20H22N4O2/c1-20(2,3)16-7-5-13(6-8-16)18(25)23-17-9-14(10-21-19(17)26)15-11-22-24(4)12-15/h5-12H,1-4H3,(H,21,26)(H,23,25). The number of carbonyl (C=O) groups is 1. The maximum Gasteiger partial charge on any atom is 0.271 e. The van der Waals surface area contributed by atoms with E-state index in [1.165, 1.54) is 0 Å². The summed E-state index contributed by atoms with van der Waals surface area (Å²) < 4.78 is 1.68. The number of nitrogens with one attached hydrogen (secondary N) is 2. The van der Waals surface area contributed by atoms with Crippen molar-refractivity contribution in [2.75, 3.05) is 5.32 Å². The van der Waals surface area contributed by atoms with Gasteiger partial charge in [0.2, 0.25) is 0 Å². The number of rotatable bonds is 3. The van der Waals surface area contributed by atoms with Gasteiger partial charge in [-0.05, 0) is 29.2 Å². The van der Waals surface area contributed by atoms with Crippen LogP contribution in [0.5, 0.6) is 0 Å². The summed E-state index contributed by atoms with van der Waals surface area (Å²) in [7, 11) is 1.82. The van der Waals surface area contributed by atoms with Gasteiger partial charge in [0.1, 0.15) is 5.69 Å². The van der Waals surface area contributed by atoms with Gasteiger partial charge in [0, 0.05) is 36.1 Å². The molecule has 134 valence electrons. The third-order valence-corrected chi connectivity index (χ3v) is 4.20. The van der Waals surface area contributed by atoms with Gasteiger partial charge in [-0.15, -0.1) is 0 Å². The van der Waals surface area contributed by atoms with Crippen LogP contribution in [0.2, 0.25) is 0 Å². The maximum absolute atomic E-state index is 12.5. The van der Waals surface area contributed by atoms with E-state index in [4.69, 9.17) is 0 Å². The van der Waals surface area contributed by atoms with E-state index in [2.05, 4.69) is 36.2 Å². The number of aromatic amines is 1. The number of aryl methyl sites for hydroxylation is 1. The number of H-pyrrole nitrogens is 1. The van der Waals surface area contributed by atoms with E-state index in [0.29, 0.717) is 5.56 Å². The third-order valence-electron chi connectivity index (χ3n) is 4.20. The average molecular weight is 350 g/mol. The quantitative estimate of drug-likeness (QED) is 0.760. The molecule has 0 atom stereocenters. The summed E-state index contributed by atoms with van der Waals surface area (Å²) in [6.07, 6.45) is 5.14. The van der Waals surface area contributed by atoms with Crippen LogP contribution in [0.1, 0.15) is 36.7 Å². The van der Waals surface area contributed by atoms with Crippen molar-refractivity contribution < 1.29 is 4.79 Å². The molecule has 26 heavy (non-hydrogen) atoms. The molecule has 0 aliphatic rings. The second-order valence-electron chi connectivity index (χ2n) is 7.32. The van der Waals surface area contributed by atoms with Crippen LogP contribution in [-0.4, -0.2) is 20.7 Å². The van der Waals surface area contributed by atoms with Crippen molar-refractivity contribution in [1.29, 1.82) is 0 Å². The number of amides is 1. The zero-order valence-corrected chi connectivity index (χ0v) is 15.3. The molecule has 6 heteroatoms. The number of benzene rings is 1. The Kier molecular flexibility index (Phi) is 4.50. The highest BCUT2D eigenvalue weighted by atomic mass is 16.2. The molecule has 3 rings (SSSR count). The van der Waals surface area contributed by atoms with Crippen LogP contribution >= 0.6 is 0 Å². The molecule has 0 unspecified atom stereocenters. The Bertz CT molecular complexity index is 992. The van der Waals surface area contributed by atoms with Crippen molar-refractivity contribution in [1.82, 2.24) is 14.8 Å². The predicted molar refractivity (Wildman–Crippen MR) is 102 cm³/mol. The smallest absolute Gasteiger partial charge is 0.271 e. The molecular formula is C20H22N4O2. The Balaban J connectivity index is 1.84. The lowest BCUT2D eigenvalue weighted by molar-refractivity contribution is 0.102. The number of anilines is 1. The van der Waals surface area contributed by atoms with Crippen LogP contribution < -0.4 is 10.9 Å². The van der Waals surface area contributed by atoms with Crippen molar-refractivity contribution in [3.05, 3.63) is 70.4 Å². The van der Waals surface area contributed by atoms with Crippen LogP contribution in [0.4, 0.5) is 5.69 Å². The van der Waals surface area contributed by atoms with Crippen LogP contribution in [0, 0.1) is 0 Å². The Morgan fingerprint density at radius 2 is 1.85 bits per heavy atom. The maximum atomic E-state index is 12.5. The molecule has 0 saturated heterocycles. The molecule has 1 amide bonds. The van der Waals surface area contributed by atoms with Gasteiger partial charge in [-0.2, -0.15) is 5.10 Å². The Morgan fingerprint density at radius 1 is 1.15 bits per heavy atom. The SMILES string of the molecule is Cn1cc(-c2c[nH]c(=O)c(NC(=O)c3ccc(C(C)(C)C)cc3)c2)cn1. The number of pyridine rings is 1. The first-order valence-electron chi connectivity index (χ1n) is 8.38. The molecule has 3 aromatic rings. The van der Waals surface area contributed by atoms with E-state index >= 15 is 0 Å². The number of aromatic nitrogens is 3. The molecule has 1 aromatic carbocycles. The monoisotopic (exact) mass is 350 g/mol. The van der Waals surface area contributed by atoms with Gasteiger partial charge in [0.25, 0.3) is 11.5 Å². The Hall–Kier alpha value is -3.15. The molecule has 2 heterocycles. The zero-order chi connectivity index (χ0) is 18.9. The molecule has 6 nitrogen and oxygen atoms in total. The number of hydrogen-bond acceptors (Lipinski definition) is 3. The molecule has 2 aromatic heterocycles. The zero-order valence-electron chi connectivity index (χ0n) is 15.3. The lowest BCUT2D eigenvalue weighted by atomic mass is 9.87. The fraction of sp³-hybridized carbons (Fsp3) is 0.250. The number of carbonyl (C=O) groups excluding carboxylic acids is 1. The summed E-state index contributed by atoms with van der Waals surface area (Å²) in [4.78, 5) is 27.2. The summed E-state index contributed by atoms with van der Waals surface area (Å²) >= 11 is 0. The highest BCUT2D eigenvalue weighted by Gasteiger charge is 2.15. The molecule has 0 radical (unpaired) electrons. The molecule has 0 spiro atoms. The van der Waals surface area contributed by atoms with Gasteiger partial charge in [0.05, 0.1) is 6.20 Å². The highest BCUT2D eigenvalue weighted by molar-refractivity contribution is 6.04. The minimum Gasteiger partial charge on any atom is -0.327 e. The van der Waals surface area contributed by atoms with Crippen molar-refractivity contribution in [3.63, 3.8) is 0 Å². The van der Waals surface area contributed by atoms with Gasteiger partial charge in [-0.25, -0.2) is 0 Å². The lowest BCUT2D eigenvalue weighted by Crippen LogP contribution is -2.20. The van der Waals surface area contributed by atoms with Gasteiger partial charge in [-0.3, -0.25) is 14.3 Å². The van der Waals surface area contributed by atoms with E-state index in [-0.39, 0.29) is 22.6 Å². The third kappa shape index (κ3) is 3.74. The van der Waals surface area contributed by atoms with E-state index in [0.717, 1.165) is 16.7 Å². The summed E-state index contributed by atoms with van der Waals surface area (Å²) in [5.41, 5.74) is 3.15. The minimum atomic E-state index is -0.350. The van der Waals surface area contributed by atoms with Crippen LogP contribution in [-0.2, 0) is 12.5 Å². The van der Waals surface area contributed by atoms with E-state index in [1.807, 2.05) is 25.4 Å². The molecule has 0 bridgehead atoms. The predicted octanol–water partition coefficient (Wildman–Crippen LogP) is 3.33. The Labute approximate surface area is 151 Å². The fourth-order valence-electron chi connectivity index (χ4n) is 2.63. The molecule has 0 fully saturated rings. The van der Waals surface area contributed by atoms with E-state index in [9.17, 15) is 9.59 Å². The second kappa shape index (κ2) is 6.63. The first-order chi connectivity index (χ1) is 12.2.